The highest BCUT2D eigenvalue weighted by Gasteiger charge is 2.47. The molecule has 2 aliphatic rings. The van der Waals surface area contributed by atoms with E-state index in [1.165, 1.54) is 0 Å². The van der Waals surface area contributed by atoms with Crippen LogP contribution >= 0.6 is 0 Å². The van der Waals surface area contributed by atoms with E-state index < -0.39 is 22.5 Å². The molecule has 1 aromatic carbocycles. The van der Waals surface area contributed by atoms with Gasteiger partial charge in [0.25, 0.3) is 0 Å². The monoisotopic (exact) mass is 433 g/mol. The Hall–Kier alpha value is -2.48. The maximum absolute atomic E-state index is 15.3. The van der Waals surface area contributed by atoms with Crippen LogP contribution in [0.2, 0.25) is 0 Å². The predicted octanol–water partition coefficient (Wildman–Crippen LogP) is 3.37. The van der Waals surface area contributed by atoms with E-state index in [0.29, 0.717) is 18.8 Å². The number of carbonyl (C=O) groups excluding carboxylic acids is 3. The van der Waals surface area contributed by atoms with Crippen LogP contribution < -0.4 is 10.2 Å². The lowest BCUT2D eigenvalue weighted by Gasteiger charge is -2.36. The lowest BCUT2D eigenvalue weighted by molar-refractivity contribution is -0.159. The molecule has 7 nitrogen and oxygen atoms in total. The van der Waals surface area contributed by atoms with E-state index in [1.807, 2.05) is 17.0 Å². The second kappa shape index (κ2) is 8.22. The summed E-state index contributed by atoms with van der Waals surface area (Å²) < 4.78 is 20.6. The summed E-state index contributed by atoms with van der Waals surface area (Å²) in [6.07, 6.45) is 0.409. The number of hydrogen-bond acceptors (Lipinski definition) is 5. The standard InChI is InChI=1S/C23H32FN3O4/c1-21(2,3)19(29)31-15-26-12-10-23(24,11-13-26)14-25-20(30)27-17-9-7-6-8-16(17)22(4,5)18(27)28/h6-9H,10-15H2,1-5H3,(H,25,30). The molecule has 1 aromatic rings. The first-order valence-electron chi connectivity index (χ1n) is 10.7. The zero-order valence-electron chi connectivity index (χ0n) is 19.0. The minimum Gasteiger partial charge on any atom is -0.449 e. The molecular formula is C23H32FN3O4. The number of para-hydroxylation sites is 1. The third-order valence-corrected chi connectivity index (χ3v) is 6.06. The van der Waals surface area contributed by atoms with Crippen molar-refractivity contribution < 1.29 is 23.5 Å². The summed E-state index contributed by atoms with van der Waals surface area (Å²) in [5.41, 5.74) is -1.64. The fourth-order valence-electron chi connectivity index (χ4n) is 3.84. The van der Waals surface area contributed by atoms with E-state index in [-0.39, 0.29) is 38.0 Å². The molecule has 1 fully saturated rings. The minimum absolute atomic E-state index is 0.132. The van der Waals surface area contributed by atoms with Gasteiger partial charge in [-0.3, -0.25) is 14.5 Å². The van der Waals surface area contributed by atoms with Crippen LogP contribution in [-0.2, 0) is 19.7 Å². The van der Waals surface area contributed by atoms with Gasteiger partial charge in [-0.2, -0.15) is 0 Å². The van der Waals surface area contributed by atoms with Crippen molar-refractivity contribution in [3.8, 4) is 0 Å². The Morgan fingerprint density at radius 1 is 1.16 bits per heavy atom. The van der Waals surface area contributed by atoms with Gasteiger partial charge in [-0.1, -0.05) is 18.2 Å². The minimum atomic E-state index is -1.57. The number of alkyl halides is 1. The van der Waals surface area contributed by atoms with Crippen LogP contribution in [0, 0.1) is 5.41 Å². The summed E-state index contributed by atoms with van der Waals surface area (Å²) in [4.78, 5) is 40.5. The number of carbonyl (C=O) groups is 3. The molecule has 0 atom stereocenters. The van der Waals surface area contributed by atoms with Gasteiger partial charge in [0.1, 0.15) is 12.4 Å². The van der Waals surface area contributed by atoms with Crippen molar-refractivity contribution in [1.29, 1.82) is 0 Å². The molecule has 2 heterocycles. The number of nitrogens with zero attached hydrogens (tertiary/aromatic N) is 2. The van der Waals surface area contributed by atoms with Gasteiger partial charge in [0.2, 0.25) is 5.91 Å². The number of benzene rings is 1. The van der Waals surface area contributed by atoms with Crippen molar-refractivity contribution in [1.82, 2.24) is 10.2 Å². The number of hydrogen-bond donors (Lipinski definition) is 1. The van der Waals surface area contributed by atoms with Crippen LogP contribution in [0.5, 0.6) is 0 Å². The number of rotatable bonds is 4. The van der Waals surface area contributed by atoms with E-state index in [4.69, 9.17) is 4.74 Å². The molecule has 0 bridgehead atoms. The predicted molar refractivity (Wildman–Crippen MR) is 115 cm³/mol. The zero-order chi connectivity index (χ0) is 23.0. The fraction of sp³-hybridized carbons (Fsp3) is 0.609. The van der Waals surface area contributed by atoms with E-state index in [0.717, 1.165) is 10.5 Å². The molecule has 170 valence electrons. The van der Waals surface area contributed by atoms with Gasteiger partial charge in [0.15, 0.2) is 0 Å². The van der Waals surface area contributed by atoms with Gasteiger partial charge in [-0.25, -0.2) is 14.1 Å². The summed E-state index contributed by atoms with van der Waals surface area (Å²) in [6, 6.07) is 6.55. The molecule has 1 N–H and O–H groups in total. The molecule has 0 radical (unpaired) electrons. The largest absolute Gasteiger partial charge is 0.449 e. The summed E-state index contributed by atoms with van der Waals surface area (Å²) in [6.45, 7) is 9.70. The maximum Gasteiger partial charge on any atom is 0.328 e. The number of nitrogens with one attached hydrogen (secondary N) is 1. The fourth-order valence-corrected chi connectivity index (χ4v) is 3.84. The average Bonchev–Trinajstić information content (AvgIpc) is 2.91. The van der Waals surface area contributed by atoms with Crippen LogP contribution in [-0.4, -0.2) is 54.8 Å². The van der Waals surface area contributed by atoms with Crippen LogP contribution in [0.25, 0.3) is 0 Å². The van der Waals surface area contributed by atoms with Crippen molar-refractivity contribution in [3.05, 3.63) is 29.8 Å². The van der Waals surface area contributed by atoms with Gasteiger partial charge in [0, 0.05) is 13.1 Å². The molecule has 0 saturated carbocycles. The first-order valence-corrected chi connectivity index (χ1v) is 10.7. The number of anilines is 1. The average molecular weight is 434 g/mol. The Kier molecular flexibility index (Phi) is 6.15. The molecule has 2 aliphatic heterocycles. The second-order valence-corrected chi connectivity index (χ2v) is 10.0. The van der Waals surface area contributed by atoms with Crippen LogP contribution in [0.1, 0.15) is 53.0 Å². The molecule has 8 heteroatoms. The van der Waals surface area contributed by atoms with Gasteiger partial charge in [-0.05, 0) is 59.1 Å². The van der Waals surface area contributed by atoms with E-state index >= 15 is 4.39 Å². The molecule has 0 unspecified atom stereocenters. The highest BCUT2D eigenvalue weighted by molar-refractivity contribution is 6.22. The molecule has 3 amide bonds. The SMILES string of the molecule is CC(C)(C)C(=O)OCN1CCC(F)(CNC(=O)N2C(=O)C(C)(C)c3ccccc32)CC1. The first kappa shape index (κ1) is 23.2. The Balaban J connectivity index is 1.53. The Labute approximate surface area is 182 Å². The number of imide groups is 1. The molecule has 1 saturated heterocycles. The summed E-state index contributed by atoms with van der Waals surface area (Å²) in [7, 11) is 0. The Morgan fingerprint density at radius 3 is 2.39 bits per heavy atom. The summed E-state index contributed by atoms with van der Waals surface area (Å²) in [5.74, 6) is -0.620. The van der Waals surface area contributed by atoms with Crippen molar-refractivity contribution in [2.24, 2.45) is 5.41 Å². The van der Waals surface area contributed by atoms with E-state index in [9.17, 15) is 14.4 Å². The van der Waals surface area contributed by atoms with Crippen LogP contribution in [0.15, 0.2) is 24.3 Å². The number of amides is 3. The number of urea groups is 1. The van der Waals surface area contributed by atoms with Gasteiger partial charge in [-0.15, -0.1) is 0 Å². The second-order valence-electron chi connectivity index (χ2n) is 10.0. The normalized spacial score (nSPS) is 20.3. The zero-order valence-corrected chi connectivity index (χ0v) is 19.0. The van der Waals surface area contributed by atoms with Crippen molar-refractivity contribution >= 4 is 23.6 Å². The first-order chi connectivity index (χ1) is 14.3. The molecular weight excluding hydrogens is 401 g/mol. The number of fused-ring (bicyclic) bond motifs is 1. The Morgan fingerprint density at radius 2 is 1.77 bits per heavy atom. The number of likely N-dealkylation sites (tertiary alicyclic amines) is 1. The topological polar surface area (TPSA) is 79.0 Å². The molecule has 31 heavy (non-hydrogen) atoms. The van der Waals surface area contributed by atoms with Gasteiger partial charge < -0.3 is 10.1 Å². The third-order valence-electron chi connectivity index (χ3n) is 6.06. The molecule has 3 rings (SSSR count). The number of esters is 1. The van der Waals surface area contributed by atoms with Crippen LogP contribution in [0.4, 0.5) is 14.9 Å². The summed E-state index contributed by atoms with van der Waals surface area (Å²) in [5, 5.41) is 2.62. The van der Waals surface area contributed by atoms with E-state index in [1.54, 1.807) is 46.8 Å². The molecule has 0 aromatic heterocycles. The van der Waals surface area contributed by atoms with Crippen molar-refractivity contribution in [2.75, 3.05) is 31.3 Å². The van der Waals surface area contributed by atoms with Crippen LogP contribution in [0.3, 0.4) is 0 Å². The summed E-state index contributed by atoms with van der Waals surface area (Å²) >= 11 is 0. The van der Waals surface area contributed by atoms with Gasteiger partial charge >= 0.3 is 12.0 Å². The van der Waals surface area contributed by atoms with Crippen molar-refractivity contribution in [2.45, 2.75) is 58.5 Å². The lowest BCUT2D eigenvalue weighted by atomic mass is 9.86. The maximum atomic E-state index is 15.3. The van der Waals surface area contributed by atoms with Gasteiger partial charge in [0.05, 0.1) is 23.1 Å². The highest BCUT2D eigenvalue weighted by Crippen LogP contribution is 2.41. The number of ether oxygens (including phenoxy) is 1. The Bertz CT molecular complexity index is 870. The van der Waals surface area contributed by atoms with E-state index in [2.05, 4.69) is 5.32 Å². The quantitative estimate of drug-likeness (QED) is 0.737. The highest BCUT2D eigenvalue weighted by atomic mass is 19.1. The molecule has 0 aliphatic carbocycles. The lowest BCUT2D eigenvalue weighted by Crippen LogP contribution is -2.52. The number of halogens is 1. The third kappa shape index (κ3) is 4.74. The number of piperidine rings is 1. The van der Waals surface area contributed by atoms with Crippen molar-refractivity contribution in [3.63, 3.8) is 0 Å². The molecule has 0 spiro atoms. The smallest absolute Gasteiger partial charge is 0.328 e.